The van der Waals surface area contributed by atoms with Crippen molar-refractivity contribution in [1.29, 1.82) is 0 Å². The van der Waals surface area contributed by atoms with Crippen molar-refractivity contribution in [2.75, 3.05) is 13.7 Å². The van der Waals surface area contributed by atoms with Crippen molar-refractivity contribution in [2.45, 2.75) is 71.9 Å². The zero-order valence-electron chi connectivity index (χ0n) is 19.2. The first-order chi connectivity index (χ1) is 13.9. The summed E-state index contributed by atoms with van der Waals surface area (Å²) in [6, 6.07) is 7.09. The number of nitrogens with one attached hydrogen (secondary N) is 2. The summed E-state index contributed by atoms with van der Waals surface area (Å²) in [6.07, 6.45) is 0.598. The van der Waals surface area contributed by atoms with E-state index in [0.29, 0.717) is 5.92 Å². The first kappa shape index (κ1) is 25.5. The Morgan fingerprint density at radius 1 is 1.03 bits per heavy atom. The molecule has 30 heavy (non-hydrogen) atoms. The van der Waals surface area contributed by atoms with Crippen LogP contribution in [0, 0.1) is 5.92 Å². The zero-order valence-corrected chi connectivity index (χ0v) is 19.2. The van der Waals surface area contributed by atoms with Gasteiger partial charge in [0.15, 0.2) is 0 Å². The van der Waals surface area contributed by atoms with E-state index in [1.165, 1.54) is 12.7 Å². The normalized spacial score (nSPS) is 13.3. The molecule has 0 bridgehead atoms. The van der Waals surface area contributed by atoms with E-state index in [4.69, 9.17) is 9.47 Å². The first-order valence-corrected chi connectivity index (χ1v) is 10.4. The number of methoxy groups -OCH3 is 1. The van der Waals surface area contributed by atoms with Crippen LogP contribution >= 0.6 is 0 Å². The molecule has 1 aromatic rings. The summed E-state index contributed by atoms with van der Waals surface area (Å²) in [5.41, 5.74) is 1.48. The second kappa shape index (κ2) is 11.6. The summed E-state index contributed by atoms with van der Waals surface area (Å²) in [7, 11) is 1.26. The van der Waals surface area contributed by atoms with Crippen LogP contribution in [0.5, 0.6) is 0 Å². The topological polar surface area (TPSA) is 93.7 Å². The first-order valence-electron chi connectivity index (χ1n) is 10.4. The van der Waals surface area contributed by atoms with E-state index in [1.807, 2.05) is 24.3 Å². The van der Waals surface area contributed by atoms with Crippen molar-refractivity contribution in [2.24, 2.45) is 5.92 Å². The van der Waals surface area contributed by atoms with Gasteiger partial charge in [0, 0.05) is 6.54 Å². The Labute approximate surface area is 179 Å². The average Bonchev–Trinajstić information content (AvgIpc) is 2.64. The number of hydrogen-bond donors (Lipinski definition) is 2. The lowest BCUT2D eigenvalue weighted by molar-refractivity contribution is -0.145. The van der Waals surface area contributed by atoms with Crippen LogP contribution in [0.2, 0.25) is 0 Å². The number of carbonyl (C=O) groups excluding carboxylic acids is 3. The maximum Gasteiger partial charge on any atom is 0.407 e. The molecule has 0 aromatic heterocycles. The molecule has 0 aliphatic carbocycles. The molecular weight excluding hydrogens is 384 g/mol. The quantitative estimate of drug-likeness (QED) is 0.596. The third-order valence-electron chi connectivity index (χ3n) is 4.42. The number of rotatable bonds is 9. The Morgan fingerprint density at radius 2 is 1.63 bits per heavy atom. The number of esters is 1. The van der Waals surface area contributed by atoms with Crippen LogP contribution < -0.4 is 10.6 Å². The van der Waals surface area contributed by atoms with Gasteiger partial charge in [-0.1, -0.05) is 38.1 Å². The summed E-state index contributed by atoms with van der Waals surface area (Å²) >= 11 is 0. The predicted octanol–water partition coefficient (Wildman–Crippen LogP) is 3.56. The number of amides is 2. The van der Waals surface area contributed by atoms with E-state index < -0.39 is 29.6 Å². The van der Waals surface area contributed by atoms with Crippen molar-refractivity contribution in [3.05, 3.63) is 35.4 Å². The fraction of sp³-hybridized carbons (Fsp3) is 0.609. The van der Waals surface area contributed by atoms with Crippen LogP contribution in [0.15, 0.2) is 24.3 Å². The number of ether oxygens (including phenoxy) is 2. The molecule has 0 heterocycles. The van der Waals surface area contributed by atoms with Gasteiger partial charge >= 0.3 is 12.1 Å². The molecule has 0 aliphatic heterocycles. The molecule has 2 unspecified atom stereocenters. The van der Waals surface area contributed by atoms with E-state index in [9.17, 15) is 14.4 Å². The van der Waals surface area contributed by atoms with Crippen LogP contribution in [0.3, 0.4) is 0 Å². The predicted molar refractivity (Wildman–Crippen MR) is 116 cm³/mol. The molecule has 2 atom stereocenters. The molecule has 0 radical (unpaired) electrons. The summed E-state index contributed by atoms with van der Waals surface area (Å²) in [5.74, 6) is -0.705. The molecule has 2 N–H and O–H groups in total. The minimum atomic E-state index is -0.861. The van der Waals surface area contributed by atoms with E-state index >= 15 is 0 Å². The van der Waals surface area contributed by atoms with Crippen LogP contribution in [0.25, 0.3) is 0 Å². The third-order valence-corrected chi connectivity index (χ3v) is 4.42. The second-order valence-electron chi connectivity index (χ2n) is 8.86. The highest BCUT2D eigenvalue weighted by molar-refractivity contribution is 5.88. The SMILES string of the molecule is COC(=O)C(CCNC(=O)OC(C)(C)C)NC(=O)C(C)c1ccc(CC(C)C)cc1. The summed E-state index contributed by atoms with van der Waals surface area (Å²) in [5, 5.41) is 5.31. The fourth-order valence-electron chi connectivity index (χ4n) is 2.89. The van der Waals surface area contributed by atoms with Gasteiger partial charge in [-0.05, 0) is 57.6 Å². The van der Waals surface area contributed by atoms with E-state index in [2.05, 4.69) is 24.5 Å². The van der Waals surface area contributed by atoms with E-state index in [-0.39, 0.29) is 18.9 Å². The molecule has 7 heteroatoms. The average molecular weight is 421 g/mol. The zero-order chi connectivity index (χ0) is 22.9. The molecule has 7 nitrogen and oxygen atoms in total. The Kier molecular flexibility index (Phi) is 9.82. The van der Waals surface area contributed by atoms with Gasteiger partial charge in [0.25, 0.3) is 0 Å². The lowest BCUT2D eigenvalue weighted by Crippen LogP contribution is -2.45. The van der Waals surface area contributed by atoms with Gasteiger partial charge in [-0.2, -0.15) is 0 Å². The van der Waals surface area contributed by atoms with Crippen molar-refractivity contribution >= 4 is 18.0 Å². The molecule has 1 aromatic carbocycles. The van der Waals surface area contributed by atoms with Gasteiger partial charge in [-0.15, -0.1) is 0 Å². The lowest BCUT2D eigenvalue weighted by atomic mass is 9.96. The van der Waals surface area contributed by atoms with Gasteiger partial charge in [0.2, 0.25) is 5.91 Å². The number of hydrogen-bond acceptors (Lipinski definition) is 5. The molecule has 0 saturated heterocycles. The molecule has 2 amide bonds. The molecule has 0 aliphatic rings. The minimum Gasteiger partial charge on any atom is -0.467 e. The highest BCUT2D eigenvalue weighted by atomic mass is 16.6. The standard InChI is InChI=1S/C23H36N2O5/c1-15(2)14-17-8-10-18(11-9-17)16(3)20(26)25-19(21(27)29-7)12-13-24-22(28)30-23(4,5)6/h8-11,15-16,19H,12-14H2,1-7H3,(H,24,28)(H,25,26). The fourth-order valence-corrected chi connectivity index (χ4v) is 2.89. The minimum absolute atomic E-state index is 0.160. The van der Waals surface area contributed by atoms with Gasteiger partial charge in [-0.3, -0.25) is 4.79 Å². The molecule has 1 rings (SSSR count). The molecule has 0 spiro atoms. The van der Waals surface area contributed by atoms with Gasteiger partial charge in [0.05, 0.1) is 13.0 Å². The Hall–Kier alpha value is -2.57. The molecular formula is C23H36N2O5. The molecule has 168 valence electrons. The van der Waals surface area contributed by atoms with E-state index in [1.54, 1.807) is 27.7 Å². The van der Waals surface area contributed by atoms with Crippen LogP contribution in [0.4, 0.5) is 4.79 Å². The van der Waals surface area contributed by atoms with Crippen LogP contribution in [-0.2, 0) is 25.5 Å². The Morgan fingerprint density at radius 3 is 2.13 bits per heavy atom. The largest absolute Gasteiger partial charge is 0.467 e. The number of benzene rings is 1. The monoisotopic (exact) mass is 420 g/mol. The molecule has 0 fully saturated rings. The lowest BCUT2D eigenvalue weighted by Gasteiger charge is -2.21. The van der Waals surface area contributed by atoms with Crippen molar-refractivity contribution in [1.82, 2.24) is 10.6 Å². The van der Waals surface area contributed by atoms with Crippen molar-refractivity contribution in [3.8, 4) is 0 Å². The smallest absolute Gasteiger partial charge is 0.407 e. The van der Waals surface area contributed by atoms with Crippen LogP contribution in [0.1, 0.15) is 65.0 Å². The van der Waals surface area contributed by atoms with E-state index in [0.717, 1.165) is 12.0 Å². The number of alkyl carbamates (subject to hydrolysis) is 1. The Bertz CT molecular complexity index is 707. The summed E-state index contributed by atoms with van der Waals surface area (Å²) < 4.78 is 9.96. The summed E-state index contributed by atoms with van der Waals surface area (Å²) in [4.78, 5) is 36.5. The maximum atomic E-state index is 12.7. The third kappa shape index (κ3) is 9.29. The number of carbonyl (C=O) groups is 3. The highest BCUT2D eigenvalue weighted by Crippen LogP contribution is 2.18. The van der Waals surface area contributed by atoms with Crippen molar-refractivity contribution < 1.29 is 23.9 Å². The highest BCUT2D eigenvalue weighted by Gasteiger charge is 2.25. The second-order valence-corrected chi connectivity index (χ2v) is 8.86. The van der Waals surface area contributed by atoms with Gasteiger partial charge in [0.1, 0.15) is 11.6 Å². The van der Waals surface area contributed by atoms with Crippen molar-refractivity contribution in [3.63, 3.8) is 0 Å². The summed E-state index contributed by atoms with van der Waals surface area (Å²) in [6.45, 7) is 11.6. The Balaban J connectivity index is 2.67. The van der Waals surface area contributed by atoms with Gasteiger partial charge < -0.3 is 20.1 Å². The maximum absolute atomic E-state index is 12.7. The molecule has 0 saturated carbocycles. The van der Waals surface area contributed by atoms with Crippen LogP contribution in [-0.4, -0.2) is 43.3 Å². The van der Waals surface area contributed by atoms with Gasteiger partial charge in [-0.25, -0.2) is 9.59 Å².